The zero-order valence-electron chi connectivity index (χ0n) is 9.57. The molecule has 0 fully saturated rings. The third-order valence-corrected chi connectivity index (χ3v) is 2.22. The Hall–Kier alpha value is -2.17. The van der Waals surface area contributed by atoms with Gasteiger partial charge in [-0.1, -0.05) is 0 Å². The van der Waals surface area contributed by atoms with Crippen LogP contribution >= 0.6 is 0 Å². The Morgan fingerprint density at radius 3 is 2.82 bits per heavy atom. The standard InChI is InChI=1S/C12H12FN3O/c1-8-5-9(13)3-4-10(8)17-12-7-15-6-11(14-2)16-12/h3-7H,1-2H3,(H,14,16). The van der Waals surface area contributed by atoms with Crippen LogP contribution in [-0.2, 0) is 0 Å². The van der Waals surface area contributed by atoms with E-state index in [2.05, 4.69) is 15.3 Å². The minimum absolute atomic E-state index is 0.287. The molecule has 2 aromatic rings. The Kier molecular flexibility index (Phi) is 3.18. The molecule has 88 valence electrons. The highest BCUT2D eigenvalue weighted by molar-refractivity contribution is 5.37. The first-order valence-electron chi connectivity index (χ1n) is 5.13. The number of nitrogens with one attached hydrogen (secondary N) is 1. The Balaban J connectivity index is 2.25. The van der Waals surface area contributed by atoms with E-state index in [1.807, 2.05) is 0 Å². The van der Waals surface area contributed by atoms with Gasteiger partial charge in [-0.3, -0.25) is 4.98 Å². The molecule has 0 aliphatic carbocycles. The van der Waals surface area contributed by atoms with Gasteiger partial charge in [-0.2, -0.15) is 4.98 Å². The maximum Gasteiger partial charge on any atom is 0.239 e. The van der Waals surface area contributed by atoms with Crippen LogP contribution in [0, 0.1) is 12.7 Å². The van der Waals surface area contributed by atoms with Crippen LogP contribution in [0.3, 0.4) is 0 Å². The van der Waals surface area contributed by atoms with Crippen LogP contribution in [0.25, 0.3) is 0 Å². The molecule has 4 nitrogen and oxygen atoms in total. The lowest BCUT2D eigenvalue weighted by molar-refractivity contribution is 0.455. The van der Waals surface area contributed by atoms with Crippen molar-refractivity contribution in [3.8, 4) is 11.6 Å². The largest absolute Gasteiger partial charge is 0.437 e. The predicted octanol–water partition coefficient (Wildman–Crippen LogP) is 2.76. The number of aryl methyl sites for hydroxylation is 1. The lowest BCUT2D eigenvalue weighted by Crippen LogP contribution is -1.96. The van der Waals surface area contributed by atoms with Crippen molar-refractivity contribution in [1.29, 1.82) is 0 Å². The fraction of sp³-hybridized carbons (Fsp3) is 0.167. The molecule has 0 aliphatic heterocycles. The molecule has 2 rings (SSSR count). The summed E-state index contributed by atoms with van der Waals surface area (Å²) < 4.78 is 18.4. The van der Waals surface area contributed by atoms with Gasteiger partial charge in [-0.15, -0.1) is 0 Å². The van der Waals surface area contributed by atoms with E-state index in [0.29, 0.717) is 23.0 Å². The van der Waals surface area contributed by atoms with Crippen LogP contribution in [-0.4, -0.2) is 17.0 Å². The van der Waals surface area contributed by atoms with Crippen molar-refractivity contribution in [3.05, 3.63) is 42.0 Å². The molecule has 17 heavy (non-hydrogen) atoms. The van der Waals surface area contributed by atoms with E-state index < -0.39 is 0 Å². The first-order valence-corrected chi connectivity index (χ1v) is 5.13. The summed E-state index contributed by atoms with van der Waals surface area (Å²) in [5.74, 6) is 1.26. The predicted molar refractivity (Wildman–Crippen MR) is 62.8 cm³/mol. The number of halogens is 1. The van der Waals surface area contributed by atoms with Gasteiger partial charge in [0.1, 0.15) is 17.4 Å². The summed E-state index contributed by atoms with van der Waals surface area (Å²) in [5, 5.41) is 2.86. The number of hydrogen-bond acceptors (Lipinski definition) is 4. The van der Waals surface area contributed by atoms with E-state index in [4.69, 9.17) is 4.74 Å². The summed E-state index contributed by atoms with van der Waals surface area (Å²) in [6, 6.07) is 4.32. The smallest absolute Gasteiger partial charge is 0.239 e. The summed E-state index contributed by atoms with van der Waals surface area (Å²) in [7, 11) is 1.75. The second-order valence-corrected chi connectivity index (χ2v) is 3.50. The normalized spacial score (nSPS) is 10.1. The molecule has 5 heteroatoms. The highest BCUT2D eigenvalue weighted by Gasteiger charge is 2.04. The molecular weight excluding hydrogens is 221 g/mol. The first-order chi connectivity index (χ1) is 8.19. The monoisotopic (exact) mass is 233 g/mol. The molecule has 1 N–H and O–H groups in total. The molecule has 1 aromatic heterocycles. The number of rotatable bonds is 3. The Labute approximate surface area is 98.5 Å². The number of anilines is 1. The van der Waals surface area contributed by atoms with Crippen LogP contribution < -0.4 is 10.1 Å². The van der Waals surface area contributed by atoms with Crippen molar-refractivity contribution in [3.63, 3.8) is 0 Å². The van der Waals surface area contributed by atoms with Crippen LogP contribution in [0.1, 0.15) is 5.56 Å². The molecule has 0 aliphatic rings. The van der Waals surface area contributed by atoms with E-state index in [9.17, 15) is 4.39 Å². The third kappa shape index (κ3) is 2.69. The summed E-state index contributed by atoms with van der Waals surface area (Å²) in [6.07, 6.45) is 3.09. The Morgan fingerprint density at radius 2 is 2.12 bits per heavy atom. The van der Waals surface area contributed by atoms with Crippen LogP contribution in [0.15, 0.2) is 30.6 Å². The van der Waals surface area contributed by atoms with Crippen LogP contribution in [0.4, 0.5) is 10.2 Å². The number of hydrogen-bond donors (Lipinski definition) is 1. The van der Waals surface area contributed by atoms with E-state index >= 15 is 0 Å². The van der Waals surface area contributed by atoms with Crippen molar-refractivity contribution < 1.29 is 9.13 Å². The van der Waals surface area contributed by atoms with Gasteiger partial charge in [0, 0.05) is 7.05 Å². The maximum absolute atomic E-state index is 12.9. The van der Waals surface area contributed by atoms with Gasteiger partial charge in [-0.05, 0) is 30.7 Å². The molecule has 0 radical (unpaired) electrons. The van der Waals surface area contributed by atoms with Crippen molar-refractivity contribution in [1.82, 2.24) is 9.97 Å². The van der Waals surface area contributed by atoms with Crippen molar-refractivity contribution in [2.45, 2.75) is 6.92 Å². The number of benzene rings is 1. The highest BCUT2D eigenvalue weighted by Crippen LogP contribution is 2.24. The van der Waals surface area contributed by atoms with Crippen LogP contribution in [0.5, 0.6) is 11.6 Å². The first kappa shape index (κ1) is 11.3. The van der Waals surface area contributed by atoms with Crippen LogP contribution in [0.2, 0.25) is 0 Å². The fourth-order valence-electron chi connectivity index (χ4n) is 1.36. The number of ether oxygens (including phenoxy) is 1. The topological polar surface area (TPSA) is 47.0 Å². The number of nitrogens with zero attached hydrogens (tertiary/aromatic N) is 2. The second-order valence-electron chi connectivity index (χ2n) is 3.50. The van der Waals surface area contributed by atoms with Gasteiger partial charge in [0.15, 0.2) is 0 Å². The summed E-state index contributed by atoms with van der Waals surface area (Å²) in [4.78, 5) is 8.14. The average molecular weight is 233 g/mol. The van der Waals surface area contributed by atoms with E-state index in [1.54, 1.807) is 26.2 Å². The molecule has 1 aromatic carbocycles. The number of aromatic nitrogens is 2. The summed E-state index contributed by atoms with van der Waals surface area (Å²) in [5.41, 5.74) is 0.710. The zero-order valence-corrected chi connectivity index (χ0v) is 9.57. The van der Waals surface area contributed by atoms with E-state index in [-0.39, 0.29) is 5.82 Å². The second kappa shape index (κ2) is 4.78. The quantitative estimate of drug-likeness (QED) is 0.885. The van der Waals surface area contributed by atoms with Gasteiger partial charge in [0.2, 0.25) is 5.88 Å². The molecule has 0 atom stereocenters. The molecule has 0 bridgehead atoms. The Bertz CT molecular complexity index is 531. The lowest BCUT2D eigenvalue weighted by Gasteiger charge is -2.08. The SMILES string of the molecule is CNc1cncc(Oc2ccc(F)cc2C)n1. The van der Waals surface area contributed by atoms with Gasteiger partial charge in [0.05, 0.1) is 12.4 Å². The van der Waals surface area contributed by atoms with Crippen molar-refractivity contribution in [2.24, 2.45) is 0 Å². The van der Waals surface area contributed by atoms with E-state index in [0.717, 1.165) is 0 Å². The summed E-state index contributed by atoms with van der Waals surface area (Å²) >= 11 is 0. The van der Waals surface area contributed by atoms with Gasteiger partial charge in [-0.25, -0.2) is 4.39 Å². The third-order valence-electron chi connectivity index (χ3n) is 2.22. The van der Waals surface area contributed by atoms with Crippen molar-refractivity contribution >= 4 is 5.82 Å². The van der Waals surface area contributed by atoms with Gasteiger partial charge < -0.3 is 10.1 Å². The molecule has 1 heterocycles. The summed E-state index contributed by atoms with van der Waals surface area (Å²) in [6.45, 7) is 1.77. The molecule has 0 amide bonds. The molecule has 0 saturated carbocycles. The Morgan fingerprint density at radius 1 is 1.29 bits per heavy atom. The molecule has 0 saturated heterocycles. The zero-order chi connectivity index (χ0) is 12.3. The molecule has 0 spiro atoms. The maximum atomic E-state index is 12.9. The molecular formula is C12H12FN3O. The van der Waals surface area contributed by atoms with Gasteiger partial charge >= 0.3 is 0 Å². The lowest BCUT2D eigenvalue weighted by atomic mass is 10.2. The average Bonchev–Trinajstić information content (AvgIpc) is 2.33. The fourth-order valence-corrected chi connectivity index (χ4v) is 1.36. The van der Waals surface area contributed by atoms with Crippen molar-refractivity contribution in [2.75, 3.05) is 12.4 Å². The highest BCUT2D eigenvalue weighted by atomic mass is 19.1. The minimum Gasteiger partial charge on any atom is -0.437 e. The van der Waals surface area contributed by atoms with Gasteiger partial charge in [0.25, 0.3) is 0 Å². The van der Waals surface area contributed by atoms with E-state index in [1.165, 1.54) is 18.3 Å². The molecule has 0 unspecified atom stereocenters. The minimum atomic E-state index is -0.287.